The molecule has 5 nitrogen and oxygen atoms in total. The number of rotatable bonds is 1. The first-order valence-electron chi connectivity index (χ1n) is 2.97. The number of hydrogen-bond donors (Lipinski definition) is 0. The molecule has 0 saturated heterocycles. The van der Waals surface area contributed by atoms with Crippen molar-refractivity contribution in [2.45, 2.75) is 6.92 Å². The maximum atomic E-state index is 10.4. The molecule has 15 heavy (non-hydrogen) atoms. The van der Waals surface area contributed by atoms with Gasteiger partial charge in [0.25, 0.3) is 0 Å². The number of hydrogen-bond acceptors (Lipinski definition) is 3. The Labute approximate surface area is 128 Å². The molecule has 5 N–H and O–H groups in total. The van der Waals surface area contributed by atoms with Crippen molar-refractivity contribution < 1.29 is 51.1 Å². The zero-order chi connectivity index (χ0) is 7.40. The van der Waals surface area contributed by atoms with Crippen molar-refractivity contribution in [2.24, 2.45) is 4.99 Å². The molecule has 0 unspecified atom stereocenters. The predicted molar refractivity (Wildman–Crippen MR) is 53.1 cm³/mol. The van der Waals surface area contributed by atoms with Crippen molar-refractivity contribution in [3.05, 3.63) is 36.1 Å². The third kappa shape index (κ3) is 14.4. The van der Waals surface area contributed by atoms with Crippen LogP contribution in [0.5, 0.6) is 0 Å². The van der Waals surface area contributed by atoms with Gasteiger partial charge in [-0.1, -0.05) is 0 Å². The van der Waals surface area contributed by atoms with Gasteiger partial charge in [-0.15, -0.1) is 5.73 Å². The fraction of sp³-hybridized carbons (Fsp3) is 0.125. The molecule has 0 fully saturated rings. The van der Waals surface area contributed by atoms with E-state index in [1.54, 1.807) is 24.6 Å². The molecule has 0 aromatic heterocycles. The van der Waals surface area contributed by atoms with Gasteiger partial charge in [-0.25, -0.2) is 0 Å². The Balaban J connectivity index is -0.0000000667. The molecule has 1 aliphatic rings. The third-order valence-corrected chi connectivity index (χ3v) is 0.987. The molecule has 0 aromatic rings. The van der Waals surface area contributed by atoms with Crippen molar-refractivity contribution in [3.63, 3.8) is 0 Å². The summed E-state index contributed by atoms with van der Waals surface area (Å²) in [7, 11) is 0. The van der Waals surface area contributed by atoms with E-state index in [0.29, 0.717) is 5.70 Å². The van der Waals surface area contributed by atoms with E-state index in [1.165, 1.54) is 6.92 Å². The Hall–Kier alpha value is 0.428. The standard InChI is InChI=1S/C8H8NO.Na.3H2O.Sb/c1-7(10)9-8-5-3-2-4-6-8;;;;;/h3-6H,1H3,(H,9,10);;3*1H2;/q;+1;;;;/p-2. The van der Waals surface area contributed by atoms with Crippen molar-refractivity contribution >= 4 is 30.3 Å². The summed E-state index contributed by atoms with van der Waals surface area (Å²) in [5, 5.41) is 10.4. The minimum Gasteiger partial charge on any atom is -0.870 e. The quantitative estimate of drug-likeness (QED) is 0.207. The van der Waals surface area contributed by atoms with Crippen LogP contribution in [0, 0.1) is 6.42 Å². The summed E-state index contributed by atoms with van der Waals surface area (Å²) < 4.78 is 0. The van der Waals surface area contributed by atoms with Gasteiger partial charge in [0, 0.05) is 36.5 Å². The molecular formula is C8H12NNaO4Sb-. The Morgan fingerprint density at radius 1 is 1.33 bits per heavy atom. The van der Waals surface area contributed by atoms with Crippen LogP contribution in [0.3, 0.4) is 0 Å². The minimum absolute atomic E-state index is 0. The zero-order valence-corrected chi connectivity index (χ0v) is 13.1. The molecule has 0 aromatic carbocycles. The van der Waals surface area contributed by atoms with Crippen molar-refractivity contribution in [1.29, 1.82) is 0 Å². The Bertz CT molecular complexity index is 255. The van der Waals surface area contributed by atoms with Crippen LogP contribution in [0.4, 0.5) is 0 Å². The van der Waals surface area contributed by atoms with Gasteiger partial charge in [0.2, 0.25) is 0 Å². The van der Waals surface area contributed by atoms with Gasteiger partial charge >= 0.3 is 29.6 Å². The van der Waals surface area contributed by atoms with E-state index in [9.17, 15) is 5.11 Å². The zero-order valence-electron chi connectivity index (χ0n) is 8.56. The van der Waals surface area contributed by atoms with Gasteiger partial charge in [-0.05, 0) is 31.0 Å². The van der Waals surface area contributed by atoms with Gasteiger partial charge in [0.1, 0.15) is 0 Å². The van der Waals surface area contributed by atoms with Gasteiger partial charge in [-0.3, -0.25) is 4.99 Å². The van der Waals surface area contributed by atoms with Crippen LogP contribution in [0.2, 0.25) is 0 Å². The summed E-state index contributed by atoms with van der Waals surface area (Å²) in [5.74, 6) is -0.175. The maximum absolute atomic E-state index is 10.4. The summed E-state index contributed by atoms with van der Waals surface area (Å²) in [6.45, 7) is 1.43. The summed E-state index contributed by atoms with van der Waals surface area (Å²) in [4.78, 5) is 3.70. The van der Waals surface area contributed by atoms with Crippen LogP contribution in [-0.4, -0.2) is 46.8 Å². The molecule has 0 aliphatic heterocycles. The number of nitrogens with zero attached hydrogens (tertiary/aromatic N) is 1. The smallest absolute Gasteiger partial charge is 0.870 e. The molecule has 0 atom stereocenters. The van der Waals surface area contributed by atoms with Gasteiger partial charge in [0.15, 0.2) is 0 Å². The Morgan fingerprint density at radius 2 is 1.87 bits per heavy atom. The van der Waals surface area contributed by atoms with Gasteiger partial charge in [-0.2, -0.15) is 0 Å². The van der Waals surface area contributed by atoms with E-state index in [-0.39, 0.29) is 76.3 Å². The van der Waals surface area contributed by atoms with Crippen molar-refractivity contribution in [2.75, 3.05) is 0 Å². The average Bonchev–Trinajstić information content (AvgIpc) is 1.88. The van der Waals surface area contributed by atoms with Gasteiger partial charge in [0.05, 0.1) is 0 Å². The topological polar surface area (TPSA) is 128 Å². The molecule has 7 heteroatoms. The molecule has 80 valence electrons. The Kier molecular flexibility index (Phi) is 33.2. The SMILES string of the molecule is CC([O-])=NC1=CC=C=C[CH]1.O.O.[Na+].[OH-].[Sb]. The van der Waals surface area contributed by atoms with Crippen LogP contribution in [-0.2, 0) is 0 Å². The fourth-order valence-corrected chi connectivity index (χ4v) is 0.634. The molecule has 1 rings (SSSR count). The fourth-order valence-electron chi connectivity index (χ4n) is 0.634. The van der Waals surface area contributed by atoms with Crippen LogP contribution in [0.15, 0.2) is 34.6 Å². The molecule has 0 saturated carbocycles. The van der Waals surface area contributed by atoms with Crippen LogP contribution in [0.1, 0.15) is 6.92 Å². The van der Waals surface area contributed by atoms with Crippen molar-refractivity contribution in [1.82, 2.24) is 0 Å². The molecule has 0 heterocycles. The van der Waals surface area contributed by atoms with Crippen LogP contribution in [0.25, 0.3) is 0 Å². The first kappa shape index (κ1) is 29.5. The average molecular weight is 331 g/mol. The summed E-state index contributed by atoms with van der Waals surface area (Å²) in [5.41, 5.74) is 3.52. The van der Waals surface area contributed by atoms with E-state index < -0.39 is 0 Å². The largest absolute Gasteiger partial charge is 1.00 e. The van der Waals surface area contributed by atoms with E-state index >= 15 is 0 Å². The maximum Gasteiger partial charge on any atom is 1.00 e. The number of aliphatic imine (C=N–C) groups is 1. The first-order valence-corrected chi connectivity index (χ1v) is 2.97. The van der Waals surface area contributed by atoms with Crippen LogP contribution < -0.4 is 34.7 Å². The van der Waals surface area contributed by atoms with E-state index in [2.05, 4.69) is 10.7 Å². The van der Waals surface area contributed by atoms with E-state index in [4.69, 9.17) is 0 Å². The minimum atomic E-state index is -0.175. The Morgan fingerprint density at radius 3 is 2.20 bits per heavy atom. The second-order valence-electron chi connectivity index (χ2n) is 1.89. The molecular weight excluding hydrogens is 319 g/mol. The van der Waals surface area contributed by atoms with Crippen LogP contribution >= 0.6 is 0 Å². The van der Waals surface area contributed by atoms with Gasteiger partial charge < -0.3 is 21.5 Å². The van der Waals surface area contributed by atoms with E-state index in [0.717, 1.165) is 0 Å². The molecule has 0 bridgehead atoms. The normalized spacial score (nSPS) is 11.5. The molecule has 1 aliphatic carbocycles. The molecule has 4 radical (unpaired) electrons. The molecule has 0 spiro atoms. The summed E-state index contributed by atoms with van der Waals surface area (Å²) in [6.07, 6.45) is 6.92. The second-order valence-corrected chi connectivity index (χ2v) is 1.89. The molecule has 0 amide bonds. The monoisotopic (exact) mass is 330 g/mol. The predicted octanol–water partition coefficient (Wildman–Crippen LogP) is -4.62. The van der Waals surface area contributed by atoms with E-state index in [1.807, 2.05) is 0 Å². The summed E-state index contributed by atoms with van der Waals surface area (Å²) >= 11 is 0. The third-order valence-electron chi connectivity index (χ3n) is 0.987. The first-order chi connectivity index (χ1) is 4.79. The second kappa shape index (κ2) is 16.8. The number of allylic oxidation sites excluding steroid dienone is 2. The van der Waals surface area contributed by atoms with Crippen molar-refractivity contribution in [3.8, 4) is 0 Å². The summed E-state index contributed by atoms with van der Waals surface area (Å²) in [6, 6.07) is 0.